The predicted molar refractivity (Wildman–Crippen MR) is 139 cm³/mol. The number of hydrogen-bond acceptors (Lipinski definition) is 5. The third kappa shape index (κ3) is 6.16. The Morgan fingerprint density at radius 3 is 2.50 bits per heavy atom. The smallest absolute Gasteiger partial charge is 0.484 e. The normalized spacial score (nSPS) is 19.3. The number of alkyl halides is 3. The summed E-state index contributed by atoms with van der Waals surface area (Å²) in [5, 5.41) is 3.29. The lowest BCUT2D eigenvalue weighted by Gasteiger charge is -2.36. The molecule has 1 N–H and O–H groups in total. The van der Waals surface area contributed by atoms with Crippen molar-refractivity contribution in [2.45, 2.75) is 70.8 Å². The standard InChI is InChI=1S/C28H33F3N4O3/c1-27(2)14-4-5-20(16-27)35-24-13-12-22(37-17-25(36)34(3)19-8-9-19)15-23(24)33-26(35)32-18-6-10-21(11-7-18)38-28(29,30)31/h6-7,10-13,15,19-20H,4-5,8-9,14,16-17H2,1-3H3,(H,32,33)/t20-/m0/s1. The van der Waals surface area contributed by atoms with Gasteiger partial charge in [-0.25, -0.2) is 4.98 Å². The number of fused-ring (bicyclic) bond motifs is 1. The van der Waals surface area contributed by atoms with Crippen LogP contribution in [-0.4, -0.2) is 46.4 Å². The van der Waals surface area contributed by atoms with E-state index in [4.69, 9.17) is 9.72 Å². The molecule has 2 saturated carbocycles. The Kier molecular flexibility index (Phi) is 6.92. The number of aromatic nitrogens is 2. The molecule has 0 spiro atoms. The molecule has 2 aliphatic carbocycles. The maximum absolute atomic E-state index is 12.6. The number of nitrogens with one attached hydrogen (secondary N) is 1. The molecule has 0 bridgehead atoms. The van der Waals surface area contributed by atoms with Gasteiger partial charge in [0.2, 0.25) is 5.95 Å². The molecule has 204 valence electrons. The number of carbonyl (C=O) groups excluding carboxylic acids is 1. The zero-order valence-electron chi connectivity index (χ0n) is 21.8. The maximum atomic E-state index is 12.6. The second-order valence-corrected chi connectivity index (χ2v) is 11.1. The highest BCUT2D eigenvalue weighted by molar-refractivity contribution is 5.82. The maximum Gasteiger partial charge on any atom is 0.573 e. The van der Waals surface area contributed by atoms with Crippen molar-refractivity contribution in [1.29, 1.82) is 0 Å². The molecular weight excluding hydrogens is 497 g/mol. The van der Waals surface area contributed by atoms with Crippen LogP contribution in [-0.2, 0) is 4.79 Å². The number of carbonyl (C=O) groups is 1. The number of nitrogens with zero attached hydrogens (tertiary/aromatic N) is 3. The second kappa shape index (κ2) is 10.0. The minimum absolute atomic E-state index is 0.0342. The van der Waals surface area contributed by atoms with Crippen LogP contribution in [0.25, 0.3) is 11.0 Å². The summed E-state index contributed by atoms with van der Waals surface area (Å²) >= 11 is 0. The number of halogens is 3. The van der Waals surface area contributed by atoms with Crippen LogP contribution in [0.15, 0.2) is 42.5 Å². The Hall–Kier alpha value is -3.43. The van der Waals surface area contributed by atoms with E-state index >= 15 is 0 Å². The van der Waals surface area contributed by atoms with E-state index in [2.05, 4.69) is 28.5 Å². The number of imidazole rings is 1. The average Bonchev–Trinajstić information content (AvgIpc) is 3.63. The molecular formula is C28H33F3N4O3. The Morgan fingerprint density at radius 1 is 1.13 bits per heavy atom. The molecule has 0 radical (unpaired) electrons. The molecule has 3 aromatic rings. The first-order chi connectivity index (χ1) is 18.0. The number of hydrogen-bond donors (Lipinski definition) is 1. The van der Waals surface area contributed by atoms with Gasteiger partial charge in [0, 0.05) is 30.9 Å². The highest BCUT2D eigenvalue weighted by atomic mass is 19.4. The zero-order valence-corrected chi connectivity index (χ0v) is 21.8. The van der Waals surface area contributed by atoms with Gasteiger partial charge in [-0.15, -0.1) is 13.2 Å². The SMILES string of the molecule is CN(C(=O)COc1ccc2c(c1)nc(Nc1ccc(OC(F)(F)F)cc1)n2[C@H]1CCCC(C)(C)C1)C1CC1. The van der Waals surface area contributed by atoms with Crippen molar-refractivity contribution in [3.05, 3.63) is 42.5 Å². The largest absolute Gasteiger partial charge is 0.573 e. The molecule has 1 heterocycles. The van der Waals surface area contributed by atoms with E-state index < -0.39 is 6.36 Å². The minimum atomic E-state index is -4.74. The lowest BCUT2D eigenvalue weighted by Crippen LogP contribution is -2.33. The summed E-state index contributed by atoms with van der Waals surface area (Å²) in [7, 11) is 1.81. The molecule has 2 aromatic carbocycles. The van der Waals surface area contributed by atoms with Crippen LogP contribution in [0.4, 0.5) is 24.8 Å². The van der Waals surface area contributed by atoms with Gasteiger partial charge in [0.1, 0.15) is 11.5 Å². The first-order valence-corrected chi connectivity index (χ1v) is 13.0. The van der Waals surface area contributed by atoms with Crippen LogP contribution in [0.1, 0.15) is 58.4 Å². The number of likely N-dealkylation sites (N-methyl/N-ethyl adjacent to an activating group) is 1. The van der Waals surface area contributed by atoms with Gasteiger partial charge in [0.25, 0.3) is 5.91 Å². The summed E-state index contributed by atoms with van der Waals surface area (Å²) in [6, 6.07) is 11.8. The predicted octanol–water partition coefficient (Wildman–Crippen LogP) is 6.82. The van der Waals surface area contributed by atoms with Crippen LogP contribution in [0.2, 0.25) is 0 Å². The molecule has 2 fully saturated rings. The first-order valence-electron chi connectivity index (χ1n) is 13.0. The number of amides is 1. The van der Waals surface area contributed by atoms with E-state index in [-0.39, 0.29) is 29.7 Å². The van der Waals surface area contributed by atoms with Crippen molar-refractivity contribution in [2.24, 2.45) is 5.41 Å². The molecule has 2 aliphatic rings. The van der Waals surface area contributed by atoms with E-state index in [1.54, 1.807) is 11.9 Å². The van der Waals surface area contributed by atoms with Crippen LogP contribution in [0.3, 0.4) is 0 Å². The number of ether oxygens (including phenoxy) is 2. The summed E-state index contributed by atoms with van der Waals surface area (Å²) in [4.78, 5) is 19.0. The van der Waals surface area contributed by atoms with E-state index in [1.807, 2.05) is 18.2 Å². The van der Waals surface area contributed by atoms with Gasteiger partial charge in [-0.3, -0.25) is 4.79 Å². The van der Waals surface area contributed by atoms with Crippen molar-refractivity contribution >= 4 is 28.6 Å². The fraction of sp³-hybridized carbons (Fsp3) is 0.500. The molecule has 0 unspecified atom stereocenters. The van der Waals surface area contributed by atoms with Crippen molar-refractivity contribution in [2.75, 3.05) is 19.0 Å². The van der Waals surface area contributed by atoms with Gasteiger partial charge < -0.3 is 24.3 Å². The molecule has 1 atom stereocenters. The lowest BCUT2D eigenvalue weighted by atomic mass is 9.75. The zero-order chi connectivity index (χ0) is 27.1. The summed E-state index contributed by atoms with van der Waals surface area (Å²) < 4.78 is 49.7. The Labute approximate surface area is 219 Å². The average molecular weight is 531 g/mol. The van der Waals surface area contributed by atoms with Gasteiger partial charge in [-0.1, -0.05) is 20.3 Å². The van der Waals surface area contributed by atoms with Gasteiger partial charge in [-0.05, 0) is 73.9 Å². The molecule has 1 amide bonds. The fourth-order valence-corrected chi connectivity index (χ4v) is 5.29. The molecule has 0 saturated heterocycles. The van der Waals surface area contributed by atoms with Gasteiger partial charge in [0.05, 0.1) is 11.0 Å². The van der Waals surface area contributed by atoms with E-state index in [1.165, 1.54) is 24.3 Å². The Morgan fingerprint density at radius 2 is 1.84 bits per heavy atom. The van der Waals surface area contributed by atoms with Gasteiger partial charge in [-0.2, -0.15) is 0 Å². The highest BCUT2D eigenvalue weighted by Gasteiger charge is 2.33. The number of benzene rings is 2. The first kappa shape index (κ1) is 26.2. The Balaban J connectivity index is 1.41. The van der Waals surface area contributed by atoms with Crippen LogP contribution in [0.5, 0.6) is 11.5 Å². The van der Waals surface area contributed by atoms with Crippen LogP contribution < -0.4 is 14.8 Å². The third-order valence-electron chi connectivity index (χ3n) is 7.40. The van der Waals surface area contributed by atoms with Crippen molar-refractivity contribution in [1.82, 2.24) is 14.5 Å². The Bertz CT molecular complexity index is 1300. The fourth-order valence-electron chi connectivity index (χ4n) is 5.29. The molecule has 38 heavy (non-hydrogen) atoms. The quantitative estimate of drug-likeness (QED) is 0.346. The molecule has 7 nitrogen and oxygen atoms in total. The van der Waals surface area contributed by atoms with Crippen molar-refractivity contribution in [3.63, 3.8) is 0 Å². The van der Waals surface area contributed by atoms with Gasteiger partial charge in [0.15, 0.2) is 6.61 Å². The van der Waals surface area contributed by atoms with Gasteiger partial charge >= 0.3 is 6.36 Å². The van der Waals surface area contributed by atoms with Crippen molar-refractivity contribution < 1.29 is 27.4 Å². The summed E-state index contributed by atoms with van der Waals surface area (Å²) in [6.45, 7) is 4.51. The third-order valence-corrected chi connectivity index (χ3v) is 7.40. The lowest BCUT2D eigenvalue weighted by molar-refractivity contribution is -0.274. The summed E-state index contributed by atoms with van der Waals surface area (Å²) in [5.41, 5.74) is 2.43. The topological polar surface area (TPSA) is 68.6 Å². The number of anilines is 2. The van der Waals surface area contributed by atoms with E-state index in [0.29, 0.717) is 28.9 Å². The molecule has 0 aliphatic heterocycles. The van der Waals surface area contributed by atoms with Crippen molar-refractivity contribution in [3.8, 4) is 11.5 Å². The summed E-state index contributed by atoms with van der Waals surface area (Å²) in [6.07, 6.45) is 1.57. The summed E-state index contributed by atoms with van der Waals surface area (Å²) in [5.74, 6) is 0.829. The van der Waals surface area contributed by atoms with E-state index in [0.717, 1.165) is 44.0 Å². The molecule has 10 heteroatoms. The minimum Gasteiger partial charge on any atom is -0.484 e. The molecule has 5 rings (SSSR count). The highest BCUT2D eigenvalue weighted by Crippen LogP contribution is 2.44. The van der Waals surface area contributed by atoms with Crippen LogP contribution >= 0.6 is 0 Å². The molecule has 1 aromatic heterocycles. The second-order valence-electron chi connectivity index (χ2n) is 11.1. The number of rotatable bonds is 8. The van der Waals surface area contributed by atoms with Crippen LogP contribution in [0, 0.1) is 5.41 Å². The monoisotopic (exact) mass is 530 g/mol. The van der Waals surface area contributed by atoms with E-state index in [9.17, 15) is 18.0 Å².